The number of carbonyl (C=O) groups is 1. The van der Waals surface area contributed by atoms with Crippen molar-refractivity contribution in [2.75, 3.05) is 6.54 Å². The second-order valence-corrected chi connectivity index (χ2v) is 6.50. The first-order valence-electron chi connectivity index (χ1n) is 6.43. The van der Waals surface area contributed by atoms with Gasteiger partial charge in [0.1, 0.15) is 5.60 Å². The molecule has 0 aliphatic heterocycles. The van der Waals surface area contributed by atoms with Gasteiger partial charge in [-0.3, -0.25) is 0 Å². The Labute approximate surface area is 104 Å². The monoisotopic (exact) mass is 242 g/mol. The topological polar surface area (TPSA) is 64.3 Å². The third-order valence-corrected chi connectivity index (χ3v) is 3.30. The highest BCUT2D eigenvalue weighted by molar-refractivity contribution is 5.67. The molecule has 4 nitrogen and oxygen atoms in total. The summed E-state index contributed by atoms with van der Waals surface area (Å²) in [6.45, 7) is 8.49. The molecule has 0 spiro atoms. The molecule has 1 rings (SSSR count). The average molecular weight is 242 g/mol. The summed E-state index contributed by atoms with van der Waals surface area (Å²) in [5, 5.41) is 2.86. The lowest BCUT2D eigenvalue weighted by Crippen LogP contribution is -2.42. The molecule has 1 fully saturated rings. The molecular weight excluding hydrogens is 216 g/mol. The van der Waals surface area contributed by atoms with Gasteiger partial charge in [-0.05, 0) is 51.9 Å². The molecule has 0 aromatic rings. The van der Waals surface area contributed by atoms with Crippen LogP contribution >= 0.6 is 0 Å². The van der Waals surface area contributed by atoms with Crippen LogP contribution in [0.1, 0.15) is 53.4 Å². The number of hydrogen-bond donors (Lipinski definition) is 2. The predicted molar refractivity (Wildman–Crippen MR) is 68.8 cm³/mol. The molecule has 4 heteroatoms. The van der Waals surface area contributed by atoms with Crippen LogP contribution in [-0.2, 0) is 4.74 Å². The molecule has 1 amide bonds. The van der Waals surface area contributed by atoms with E-state index in [-0.39, 0.29) is 11.5 Å². The minimum atomic E-state index is -0.431. The van der Waals surface area contributed by atoms with Gasteiger partial charge in [-0.25, -0.2) is 4.79 Å². The highest BCUT2D eigenvalue weighted by Crippen LogP contribution is 2.34. The first-order valence-corrected chi connectivity index (χ1v) is 6.43. The van der Waals surface area contributed by atoms with Crippen molar-refractivity contribution >= 4 is 6.09 Å². The molecule has 0 unspecified atom stereocenters. The van der Waals surface area contributed by atoms with Gasteiger partial charge in [-0.15, -0.1) is 0 Å². The fourth-order valence-electron chi connectivity index (χ4n) is 2.11. The van der Waals surface area contributed by atoms with E-state index in [1.54, 1.807) is 0 Å². The van der Waals surface area contributed by atoms with Crippen LogP contribution < -0.4 is 11.1 Å². The summed E-state index contributed by atoms with van der Waals surface area (Å²) >= 11 is 0. The van der Waals surface area contributed by atoms with Crippen LogP contribution in [0.5, 0.6) is 0 Å². The van der Waals surface area contributed by atoms with E-state index in [0.29, 0.717) is 12.6 Å². The van der Waals surface area contributed by atoms with Gasteiger partial charge in [0.25, 0.3) is 0 Å². The van der Waals surface area contributed by atoms with Crippen molar-refractivity contribution in [3.05, 3.63) is 0 Å². The Morgan fingerprint density at radius 2 is 1.94 bits per heavy atom. The third kappa shape index (κ3) is 5.39. The van der Waals surface area contributed by atoms with E-state index >= 15 is 0 Å². The number of carbonyl (C=O) groups excluding carboxylic acids is 1. The molecule has 0 aromatic heterocycles. The molecule has 100 valence electrons. The van der Waals surface area contributed by atoms with Crippen molar-refractivity contribution in [1.82, 2.24) is 5.32 Å². The quantitative estimate of drug-likeness (QED) is 0.781. The Balaban J connectivity index is 2.32. The van der Waals surface area contributed by atoms with E-state index < -0.39 is 5.60 Å². The molecule has 0 atom stereocenters. The molecule has 1 aliphatic rings. The maximum Gasteiger partial charge on any atom is 0.407 e. The zero-order valence-corrected chi connectivity index (χ0v) is 11.5. The SMILES string of the molecule is CC1(CNC(=O)OC(C)(C)C)CCC(N)CC1. The summed E-state index contributed by atoms with van der Waals surface area (Å²) in [6.07, 6.45) is 3.92. The number of alkyl carbamates (subject to hydrolysis) is 1. The highest BCUT2D eigenvalue weighted by atomic mass is 16.6. The molecule has 1 saturated carbocycles. The van der Waals surface area contributed by atoms with Crippen LogP contribution in [0.4, 0.5) is 4.79 Å². The first-order chi connectivity index (χ1) is 7.70. The normalized spacial score (nSPS) is 29.8. The standard InChI is InChI=1S/C13H26N2O2/c1-12(2,3)17-11(16)15-9-13(4)7-5-10(14)6-8-13/h10H,5-9,14H2,1-4H3,(H,15,16). The van der Waals surface area contributed by atoms with Gasteiger partial charge < -0.3 is 15.8 Å². The van der Waals surface area contributed by atoms with E-state index in [9.17, 15) is 4.79 Å². The summed E-state index contributed by atoms with van der Waals surface area (Å²) in [4.78, 5) is 11.5. The van der Waals surface area contributed by atoms with Crippen molar-refractivity contribution in [3.63, 3.8) is 0 Å². The first kappa shape index (κ1) is 14.3. The van der Waals surface area contributed by atoms with Crippen LogP contribution in [-0.4, -0.2) is 24.3 Å². The van der Waals surface area contributed by atoms with Crippen molar-refractivity contribution in [3.8, 4) is 0 Å². The molecule has 3 N–H and O–H groups in total. The Hall–Kier alpha value is -0.770. The van der Waals surface area contributed by atoms with E-state index in [2.05, 4.69) is 12.2 Å². The Morgan fingerprint density at radius 3 is 2.41 bits per heavy atom. The fraction of sp³-hybridized carbons (Fsp3) is 0.923. The minimum absolute atomic E-state index is 0.173. The van der Waals surface area contributed by atoms with Crippen molar-refractivity contribution in [2.24, 2.45) is 11.1 Å². The van der Waals surface area contributed by atoms with Crippen LogP contribution in [0.25, 0.3) is 0 Å². The lowest BCUT2D eigenvalue weighted by Gasteiger charge is -2.36. The smallest absolute Gasteiger partial charge is 0.407 e. The van der Waals surface area contributed by atoms with E-state index in [4.69, 9.17) is 10.5 Å². The van der Waals surface area contributed by atoms with Crippen LogP contribution in [0.15, 0.2) is 0 Å². The zero-order chi connectivity index (χ0) is 13.1. The van der Waals surface area contributed by atoms with Crippen molar-refractivity contribution in [2.45, 2.75) is 65.0 Å². The van der Waals surface area contributed by atoms with E-state index in [0.717, 1.165) is 25.7 Å². The number of nitrogens with two attached hydrogens (primary N) is 1. The minimum Gasteiger partial charge on any atom is -0.444 e. The van der Waals surface area contributed by atoms with Gasteiger partial charge in [0.2, 0.25) is 0 Å². The van der Waals surface area contributed by atoms with Gasteiger partial charge in [-0.1, -0.05) is 6.92 Å². The second kappa shape index (κ2) is 5.25. The second-order valence-electron chi connectivity index (χ2n) is 6.50. The highest BCUT2D eigenvalue weighted by Gasteiger charge is 2.30. The summed E-state index contributed by atoms with van der Waals surface area (Å²) in [6, 6.07) is 0.338. The third-order valence-electron chi connectivity index (χ3n) is 3.30. The fourth-order valence-corrected chi connectivity index (χ4v) is 2.11. The van der Waals surface area contributed by atoms with Gasteiger partial charge in [0.05, 0.1) is 0 Å². The van der Waals surface area contributed by atoms with Crippen molar-refractivity contribution < 1.29 is 9.53 Å². The predicted octanol–water partition coefficient (Wildman–Crippen LogP) is 2.42. The summed E-state index contributed by atoms with van der Waals surface area (Å²) in [5.41, 5.74) is 5.63. The van der Waals surface area contributed by atoms with Crippen LogP contribution in [0.3, 0.4) is 0 Å². The number of amides is 1. The number of ether oxygens (including phenoxy) is 1. The molecular formula is C13H26N2O2. The van der Waals surface area contributed by atoms with Crippen LogP contribution in [0, 0.1) is 5.41 Å². The summed E-state index contributed by atoms with van der Waals surface area (Å²) < 4.78 is 5.22. The lowest BCUT2D eigenvalue weighted by atomic mass is 9.74. The number of rotatable bonds is 2. The summed E-state index contributed by atoms with van der Waals surface area (Å²) in [5.74, 6) is 0. The number of nitrogens with one attached hydrogen (secondary N) is 1. The molecule has 17 heavy (non-hydrogen) atoms. The molecule has 0 saturated heterocycles. The van der Waals surface area contributed by atoms with Gasteiger partial charge in [-0.2, -0.15) is 0 Å². The summed E-state index contributed by atoms with van der Waals surface area (Å²) in [7, 11) is 0. The van der Waals surface area contributed by atoms with Crippen molar-refractivity contribution in [1.29, 1.82) is 0 Å². The van der Waals surface area contributed by atoms with Crippen LogP contribution in [0.2, 0.25) is 0 Å². The average Bonchev–Trinajstić information content (AvgIpc) is 2.18. The van der Waals surface area contributed by atoms with E-state index in [1.807, 2.05) is 20.8 Å². The van der Waals surface area contributed by atoms with Gasteiger partial charge in [0, 0.05) is 12.6 Å². The molecule has 0 bridgehead atoms. The van der Waals surface area contributed by atoms with Gasteiger partial charge >= 0.3 is 6.09 Å². The zero-order valence-electron chi connectivity index (χ0n) is 11.5. The van der Waals surface area contributed by atoms with E-state index in [1.165, 1.54) is 0 Å². The Bertz CT molecular complexity index is 263. The largest absolute Gasteiger partial charge is 0.444 e. The maximum atomic E-state index is 11.5. The Kier molecular flexibility index (Phi) is 4.42. The Morgan fingerprint density at radius 1 is 1.41 bits per heavy atom. The lowest BCUT2D eigenvalue weighted by molar-refractivity contribution is 0.0488. The molecule has 1 aliphatic carbocycles. The number of hydrogen-bond acceptors (Lipinski definition) is 3. The van der Waals surface area contributed by atoms with Gasteiger partial charge in [0.15, 0.2) is 0 Å². The molecule has 0 radical (unpaired) electrons. The molecule has 0 aromatic carbocycles. The molecule has 0 heterocycles. The maximum absolute atomic E-state index is 11.5.